The van der Waals surface area contributed by atoms with Crippen LogP contribution in [0.1, 0.15) is 21.5 Å². The molecule has 0 aliphatic rings. The minimum Gasteiger partial charge on any atom is -0.383 e. The molecule has 25 heavy (non-hydrogen) atoms. The van der Waals surface area contributed by atoms with E-state index >= 15 is 0 Å². The van der Waals surface area contributed by atoms with Gasteiger partial charge < -0.3 is 11.5 Å². The highest BCUT2D eigenvalue weighted by Crippen LogP contribution is 2.30. The Morgan fingerprint density at radius 2 is 1.84 bits per heavy atom. The molecule has 2 aromatic heterocycles. The van der Waals surface area contributed by atoms with Crippen molar-refractivity contribution in [1.29, 1.82) is 5.26 Å². The van der Waals surface area contributed by atoms with Crippen molar-refractivity contribution in [3.63, 3.8) is 0 Å². The second-order valence-electron chi connectivity index (χ2n) is 5.59. The van der Waals surface area contributed by atoms with Gasteiger partial charge in [0.15, 0.2) is 0 Å². The fourth-order valence-electron chi connectivity index (χ4n) is 2.47. The first-order valence-corrected chi connectivity index (χ1v) is 7.53. The van der Waals surface area contributed by atoms with Gasteiger partial charge in [0.05, 0.1) is 11.4 Å². The first-order valence-electron chi connectivity index (χ1n) is 7.53. The van der Waals surface area contributed by atoms with E-state index in [2.05, 4.69) is 16.0 Å². The summed E-state index contributed by atoms with van der Waals surface area (Å²) < 4.78 is 0. The fourth-order valence-corrected chi connectivity index (χ4v) is 2.47. The quantitative estimate of drug-likeness (QED) is 0.765. The van der Waals surface area contributed by atoms with Crippen LogP contribution in [0.15, 0.2) is 48.7 Å². The van der Waals surface area contributed by atoms with Crippen molar-refractivity contribution >= 4 is 11.7 Å². The Kier molecular flexibility index (Phi) is 4.14. The van der Waals surface area contributed by atoms with E-state index < -0.39 is 5.91 Å². The lowest BCUT2D eigenvalue weighted by atomic mass is 9.98. The Balaban J connectivity index is 2.16. The van der Waals surface area contributed by atoms with E-state index in [9.17, 15) is 10.1 Å². The zero-order valence-corrected chi connectivity index (χ0v) is 13.5. The van der Waals surface area contributed by atoms with E-state index in [0.717, 1.165) is 11.1 Å². The normalized spacial score (nSPS) is 10.2. The number of anilines is 1. The first-order chi connectivity index (χ1) is 12.0. The number of hydrogen-bond acceptors (Lipinski definition) is 5. The topological polar surface area (TPSA) is 119 Å². The van der Waals surface area contributed by atoms with Crippen LogP contribution in [0.2, 0.25) is 0 Å². The molecule has 0 radical (unpaired) electrons. The van der Waals surface area contributed by atoms with Crippen molar-refractivity contribution in [3.05, 3.63) is 65.4 Å². The molecule has 0 bridgehead atoms. The third kappa shape index (κ3) is 3.16. The monoisotopic (exact) mass is 329 g/mol. The van der Waals surface area contributed by atoms with Gasteiger partial charge in [0.2, 0.25) is 5.91 Å². The molecular formula is C19H15N5O. The Labute approximate surface area is 144 Å². The van der Waals surface area contributed by atoms with Crippen LogP contribution in [0, 0.1) is 18.3 Å². The SMILES string of the molecule is Cc1ccc(-c2cc(-c3ccc(C(N)=O)cc3)c(C#N)c(N)n2)nc1. The third-order valence-corrected chi connectivity index (χ3v) is 3.81. The maximum absolute atomic E-state index is 11.2. The smallest absolute Gasteiger partial charge is 0.248 e. The van der Waals surface area contributed by atoms with Gasteiger partial charge in [-0.3, -0.25) is 9.78 Å². The molecule has 0 saturated heterocycles. The van der Waals surface area contributed by atoms with Crippen molar-refractivity contribution < 1.29 is 4.79 Å². The number of nitrogen functional groups attached to an aromatic ring is 1. The summed E-state index contributed by atoms with van der Waals surface area (Å²) in [6, 6.07) is 14.3. The third-order valence-electron chi connectivity index (χ3n) is 3.81. The van der Waals surface area contributed by atoms with Gasteiger partial charge in [-0.25, -0.2) is 4.98 Å². The number of amides is 1. The van der Waals surface area contributed by atoms with Crippen LogP contribution in [0.5, 0.6) is 0 Å². The summed E-state index contributed by atoms with van der Waals surface area (Å²) in [4.78, 5) is 19.9. The number of pyridine rings is 2. The molecule has 1 aromatic carbocycles. The van der Waals surface area contributed by atoms with Gasteiger partial charge >= 0.3 is 0 Å². The van der Waals surface area contributed by atoms with Crippen molar-refractivity contribution in [2.75, 3.05) is 5.73 Å². The number of primary amides is 1. The van der Waals surface area contributed by atoms with Gasteiger partial charge in [0, 0.05) is 17.3 Å². The highest BCUT2D eigenvalue weighted by atomic mass is 16.1. The van der Waals surface area contributed by atoms with Gasteiger partial charge in [-0.2, -0.15) is 5.26 Å². The number of nitrogens with zero attached hydrogens (tertiary/aromatic N) is 3. The molecule has 3 aromatic rings. The molecule has 122 valence electrons. The van der Waals surface area contributed by atoms with Gasteiger partial charge in [-0.15, -0.1) is 0 Å². The lowest BCUT2D eigenvalue weighted by Crippen LogP contribution is -2.10. The Morgan fingerprint density at radius 3 is 2.40 bits per heavy atom. The van der Waals surface area contributed by atoms with E-state index in [0.29, 0.717) is 22.5 Å². The Morgan fingerprint density at radius 1 is 1.12 bits per heavy atom. The minimum absolute atomic E-state index is 0.136. The highest BCUT2D eigenvalue weighted by Gasteiger charge is 2.14. The summed E-state index contributed by atoms with van der Waals surface area (Å²) in [6.45, 7) is 1.95. The molecule has 4 N–H and O–H groups in total. The van der Waals surface area contributed by atoms with Gasteiger partial charge in [0.1, 0.15) is 17.5 Å². The molecule has 0 saturated carbocycles. The van der Waals surface area contributed by atoms with E-state index in [4.69, 9.17) is 11.5 Å². The number of carbonyl (C=O) groups excluding carboxylic acids is 1. The summed E-state index contributed by atoms with van der Waals surface area (Å²) in [5, 5.41) is 9.44. The lowest BCUT2D eigenvalue weighted by molar-refractivity contribution is 0.100. The molecule has 0 atom stereocenters. The molecule has 1 amide bonds. The van der Waals surface area contributed by atoms with E-state index in [1.165, 1.54) is 0 Å². The Hall–Kier alpha value is -3.72. The van der Waals surface area contributed by atoms with E-state index in [-0.39, 0.29) is 11.4 Å². The van der Waals surface area contributed by atoms with Crippen LogP contribution in [0.25, 0.3) is 22.5 Å². The second-order valence-corrected chi connectivity index (χ2v) is 5.59. The first kappa shape index (κ1) is 16.1. The molecule has 3 rings (SSSR count). The van der Waals surface area contributed by atoms with Gasteiger partial charge in [-0.1, -0.05) is 18.2 Å². The number of hydrogen-bond donors (Lipinski definition) is 2. The molecule has 6 heteroatoms. The number of aromatic nitrogens is 2. The van der Waals surface area contributed by atoms with Crippen molar-refractivity contribution in [3.8, 4) is 28.6 Å². The second kappa shape index (κ2) is 6.42. The average Bonchev–Trinajstić information content (AvgIpc) is 2.61. The zero-order chi connectivity index (χ0) is 18.0. The van der Waals surface area contributed by atoms with Gasteiger partial charge in [0.25, 0.3) is 0 Å². The standard InChI is InChI=1S/C19H15N5O/c1-11-2-7-16(23-10-11)17-8-14(15(9-20)18(21)24-17)12-3-5-13(6-4-12)19(22)25/h2-8,10H,1H3,(H2,21,24)(H2,22,25). The number of carbonyl (C=O) groups is 1. The van der Waals surface area contributed by atoms with Crippen LogP contribution in [-0.4, -0.2) is 15.9 Å². The number of nitrogens with two attached hydrogens (primary N) is 2. The molecule has 0 aliphatic heterocycles. The van der Waals surface area contributed by atoms with E-state index in [1.807, 2.05) is 19.1 Å². The number of rotatable bonds is 3. The van der Waals surface area contributed by atoms with Crippen molar-refractivity contribution in [2.45, 2.75) is 6.92 Å². The summed E-state index contributed by atoms with van der Waals surface area (Å²) in [7, 11) is 0. The van der Waals surface area contributed by atoms with E-state index in [1.54, 1.807) is 36.5 Å². The largest absolute Gasteiger partial charge is 0.383 e. The van der Waals surface area contributed by atoms with Crippen LogP contribution in [-0.2, 0) is 0 Å². The van der Waals surface area contributed by atoms with Crippen LogP contribution in [0.4, 0.5) is 5.82 Å². The predicted octanol–water partition coefficient (Wildman–Crippen LogP) is 2.67. The number of aryl methyl sites for hydroxylation is 1. The molecule has 0 unspecified atom stereocenters. The number of benzene rings is 1. The van der Waals surface area contributed by atoms with Crippen LogP contribution < -0.4 is 11.5 Å². The molecular weight excluding hydrogens is 314 g/mol. The van der Waals surface area contributed by atoms with Crippen LogP contribution >= 0.6 is 0 Å². The number of nitriles is 1. The molecule has 0 spiro atoms. The van der Waals surface area contributed by atoms with Gasteiger partial charge in [-0.05, 0) is 42.3 Å². The molecule has 2 heterocycles. The highest BCUT2D eigenvalue weighted by molar-refractivity contribution is 5.93. The van der Waals surface area contributed by atoms with Crippen molar-refractivity contribution in [2.24, 2.45) is 5.73 Å². The maximum atomic E-state index is 11.2. The average molecular weight is 329 g/mol. The summed E-state index contributed by atoms with van der Waals surface area (Å²) in [5.41, 5.74) is 15.6. The molecule has 6 nitrogen and oxygen atoms in total. The van der Waals surface area contributed by atoms with Crippen LogP contribution in [0.3, 0.4) is 0 Å². The zero-order valence-electron chi connectivity index (χ0n) is 13.5. The fraction of sp³-hybridized carbons (Fsp3) is 0.0526. The maximum Gasteiger partial charge on any atom is 0.248 e. The summed E-state index contributed by atoms with van der Waals surface area (Å²) in [5.74, 6) is -0.373. The van der Waals surface area contributed by atoms with Crippen molar-refractivity contribution in [1.82, 2.24) is 9.97 Å². The lowest BCUT2D eigenvalue weighted by Gasteiger charge is -2.10. The Bertz CT molecular complexity index is 986. The minimum atomic E-state index is -0.508. The molecule has 0 aliphatic carbocycles. The predicted molar refractivity (Wildman–Crippen MR) is 95.3 cm³/mol. The summed E-state index contributed by atoms with van der Waals surface area (Å²) >= 11 is 0. The molecule has 0 fully saturated rings. The summed E-state index contributed by atoms with van der Waals surface area (Å²) in [6.07, 6.45) is 1.74.